The minimum Gasteiger partial charge on any atom is -0.388 e. The number of ether oxygens (including phenoxy) is 1. The van der Waals surface area contributed by atoms with Crippen LogP contribution in [0.4, 0.5) is 5.69 Å². The molecule has 0 radical (unpaired) electrons. The predicted octanol–water partition coefficient (Wildman–Crippen LogP) is 1.95. The third-order valence-electron chi connectivity index (χ3n) is 5.13. The Morgan fingerprint density at radius 2 is 2.04 bits per heavy atom. The number of rotatable bonds is 3. The molecule has 0 spiro atoms. The van der Waals surface area contributed by atoms with Gasteiger partial charge < -0.3 is 10.1 Å². The third kappa shape index (κ3) is 2.89. The second-order valence-electron chi connectivity index (χ2n) is 6.66. The molecule has 132 valence electrons. The highest BCUT2D eigenvalue weighted by molar-refractivity contribution is 6.02. The SMILES string of the molecule is CNc1ccc2c(c1)c(C1CCC(=O)NC1=O)nn2C1CCOCC1. The van der Waals surface area contributed by atoms with Crippen molar-refractivity contribution < 1.29 is 14.3 Å². The fraction of sp³-hybridized carbons (Fsp3) is 0.500. The lowest BCUT2D eigenvalue weighted by molar-refractivity contribution is -0.134. The van der Waals surface area contributed by atoms with Gasteiger partial charge in [-0.25, -0.2) is 0 Å². The van der Waals surface area contributed by atoms with E-state index in [-0.39, 0.29) is 23.8 Å². The summed E-state index contributed by atoms with van der Waals surface area (Å²) >= 11 is 0. The van der Waals surface area contributed by atoms with E-state index >= 15 is 0 Å². The largest absolute Gasteiger partial charge is 0.388 e. The molecule has 2 fully saturated rings. The summed E-state index contributed by atoms with van der Waals surface area (Å²) in [5.74, 6) is -0.830. The molecule has 0 aliphatic carbocycles. The molecule has 2 N–H and O–H groups in total. The molecule has 7 heteroatoms. The molecular formula is C18H22N4O3. The Labute approximate surface area is 145 Å². The molecule has 1 aromatic carbocycles. The predicted molar refractivity (Wildman–Crippen MR) is 93.5 cm³/mol. The second kappa shape index (κ2) is 6.48. The van der Waals surface area contributed by atoms with Crippen LogP contribution in [-0.2, 0) is 14.3 Å². The molecule has 3 heterocycles. The van der Waals surface area contributed by atoms with E-state index in [0.29, 0.717) is 12.8 Å². The zero-order valence-corrected chi connectivity index (χ0v) is 14.2. The van der Waals surface area contributed by atoms with Crippen LogP contribution in [-0.4, -0.2) is 41.9 Å². The summed E-state index contributed by atoms with van der Waals surface area (Å²) in [5, 5.41) is 11.4. The van der Waals surface area contributed by atoms with Crippen LogP contribution in [0.1, 0.15) is 43.3 Å². The van der Waals surface area contributed by atoms with E-state index in [1.54, 1.807) is 0 Å². The Morgan fingerprint density at radius 1 is 1.24 bits per heavy atom. The van der Waals surface area contributed by atoms with Crippen LogP contribution in [0.2, 0.25) is 0 Å². The Balaban J connectivity index is 1.81. The monoisotopic (exact) mass is 342 g/mol. The number of carbonyl (C=O) groups is 2. The number of hydrogen-bond donors (Lipinski definition) is 2. The Morgan fingerprint density at radius 3 is 2.76 bits per heavy atom. The van der Waals surface area contributed by atoms with E-state index < -0.39 is 0 Å². The van der Waals surface area contributed by atoms with E-state index in [1.807, 2.05) is 19.2 Å². The number of amides is 2. The zero-order chi connectivity index (χ0) is 17.4. The van der Waals surface area contributed by atoms with Crippen LogP contribution in [0.15, 0.2) is 18.2 Å². The van der Waals surface area contributed by atoms with Crippen molar-refractivity contribution in [1.29, 1.82) is 0 Å². The van der Waals surface area contributed by atoms with Crippen molar-refractivity contribution in [3.8, 4) is 0 Å². The normalized spacial score (nSPS) is 22.2. The average molecular weight is 342 g/mol. The molecule has 2 aliphatic heterocycles. The van der Waals surface area contributed by atoms with Crippen molar-refractivity contribution in [3.63, 3.8) is 0 Å². The van der Waals surface area contributed by atoms with Gasteiger partial charge in [0.15, 0.2) is 0 Å². The first-order chi connectivity index (χ1) is 12.2. The molecule has 2 aliphatic rings. The zero-order valence-electron chi connectivity index (χ0n) is 14.2. The van der Waals surface area contributed by atoms with E-state index in [0.717, 1.165) is 48.3 Å². The van der Waals surface area contributed by atoms with Crippen molar-refractivity contribution in [2.45, 2.75) is 37.6 Å². The fourth-order valence-corrected chi connectivity index (χ4v) is 3.74. The molecule has 0 bridgehead atoms. The summed E-state index contributed by atoms with van der Waals surface area (Å²) in [6, 6.07) is 6.39. The molecular weight excluding hydrogens is 320 g/mol. The highest BCUT2D eigenvalue weighted by Gasteiger charge is 2.33. The summed E-state index contributed by atoms with van der Waals surface area (Å²) in [6.45, 7) is 1.46. The number of aromatic nitrogens is 2. The summed E-state index contributed by atoms with van der Waals surface area (Å²) < 4.78 is 7.52. The van der Waals surface area contributed by atoms with Crippen LogP contribution in [0.5, 0.6) is 0 Å². The molecule has 1 unspecified atom stereocenters. The number of piperidine rings is 1. The molecule has 4 rings (SSSR count). The number of carbonyl (C=O) groups excluding carboxylic acids is 2. The number of nitrogens with zero attached hydrogens (tertiary/aromatic N) is 2. The smallest absolute Gasteiger partial charge is 0.235 e. The lowest BCUT2D eigenvalue weighted by atomic mass is 9.92. The van der Waals surface area contributed by atoms with Gasteiger partial charge in [0.25, 0.3) is 0 Å². The maximum absolute atomic E-state index is 12.4. The van der Waals surface area contributed by atoms with Crippen LogP contribution in [0, 0.1) is 0 Å². The van der Waals surface area contributed by atoms with Gasteiger partial charge in [0.05, 0.1) is 23.2 Å². The Bertz CT molecular complexity index is 823. The van der Waals surface area contributed by atoms with Crippen LogP contribution >= 0.6 is 0 Å². The summed E-state index contributed by atoms with van der Waals surface area (Å²) in [5.41, 5.74) is 2.78. The quantitative estimate of drug-likeness (QED) is 0.833. The topological polar surface area (TPSA) is 85.3 Å². The molecule has 0 saturated carbocycles. The highest BCUT2D eigenvalue weighted by Crippen LogP contribution is 2.34. The van der Waals surface area contributed by atoms with Gasteiger partial charge in [0, 0.05) is 37.8 Å². The van der Waals surface area contributed by atoms with E-state index in [2.05, 4.69) is 21.4 Å². The average Bonchev–Trinajstić information content (AvgIpc) is 3.01. The molecule has 25 heavy (non-hydrogen) atoms. The third-order valence-corrected chi connectivity index (χ3v) is 5.13. The van der Waals surface area contributed by atoms with E-state index in [1.165, 1.54) is 0 Å². The van der Waals surface area contributed by atoms with Gasteiger partial charge in [0.1, 0.15) is 0 Å². The highest BCUT2D eigenvalue weighted by atomic mass is 16.5. The minimum absolute atomic E-state index is 0.203. The van der Waals surface area contributed by atoms with Crippen molar-refractivity contribution in [2.24, 2.45) is 0 Å². The lowest BCUT2D eigenvalue weighted by Gasteiger charge is -2.23. The summed E-state index contributed by atoms with van der Waals surface area (Å²) in [7, 11) is 1.87. The maximum Gasteiger partial charge on any atom is 0.235 e. The van der Waals surface area contributed by atoms with Gasteiger partial charge in [-0.1, -0.05) is 0 Å². The van der Waals surface area contributed by atoms with Crippen molar-refractivity contribution in [3.05, 3.63) is 23.9 Å². The molecule has 2 saturated heterocycles. The van der Waals surface area contributed by atoms with Gasteiger partial charge in [0.2, 0.25) is 11.8 Å². The van der Waals surface area contributed by atoms with Gasteiger partial charge in [-0.15, -0.1) is 0 Å². The number of nitrogens with one attached hydrogen (secondary N) is 2. The number of fused-ring (bicyclic) bond motifs is 1. The summed E-state index contributed by atoms with van der Waals surface area (Å²) in [6.07, 6.45) is 2.70. The standard InChI is InChI=1S/C18H22N4O3/c1-19-11-2-4-15-14(10-11)17(13-3-5-16(23)20-18(13)24)21-22(15)12-6-8-25-9-7-12/h2,4,10,12-13,19H,3,5-9H2,1H3,(H,20,23,24). The van der Waals surface area contributed by atoms with Crippen molar-refractivity contribution >= 4 is 28.4 Å². The number of anilines is 1. The second-order valence-corrected chi connectivity index (χ2v) is 6.66. The van der Waals surface area contributed by atoms with Crippen molar-refractivity contribution in [2.75, 3.05) is 25.6 Å². The molecule has 1 aromatic heterocycles. The first kappa shape index (κ1) is 16.1. The molecule has 1 atom stereocenters. The molecule has 7 nitrogen and oxygen atoms in total. The van der Waals surface area contributed by atoms with E-state index in [4.69, 9.17) is 9.84 Å². The number of hydrogen-bond acceptors (Lipinski definition) is 5. The lowest BCUT2D eigenvalue weighted by Crippen LogP contribution is -2.39. The van der Waals surface area contributed by atoms with Gasteiger partial charge in [-0.2, -0.15) is 5.10 Å². The number of benzene rings is 1. The maximum atomic E-state index is 12.4. The Kier molecular flexibility index (Phi) is 4.17. The fourth-order valence-electron chi connectivity index (χ4n) is 3.74. The van der Waals surface area contributed by atoms with Gasteiger partial charge in [-0.3, -0.25) is 19.6 Å². The van der Waals surface area contributed by atoms with Crippen LogP contribution in [0.25, 0.3) is 10.9 Å². The molecule has 2 amide bonds. The van der Waals surface area contributed by atoms with Crippen LogP contribution in [0.3, 0.4) is 0 Å². The van der Waals surface area contributed by atoms with Gasteiger partial charge >= 0.3 is 0 Å². The molecule has 2 aromatic rings. The minimum atomic E-state index is -0.381. The first-order valence-electron chi connectivity index (χ1n) is 8.78. The summed E-state index contributed by atoms with van der Waals surface area (Å²) in [4.78, 5) is 23.9. The number of imide groups is 1. The van der Waals surface area contributed by atoms with Gasteiger partial charge in [-0.05, 0) is 37.5 Å². The van der Waals surface area contributed by atoms with Crippen molar-refractivity contribution in [1.82, 2.24) is 15.1 Å². The van der Waals surface area contributed by atoms with E-state index in [9.17, 15) is 9.59 Å². The Hall–Kier alpha value is -2.41. The first-order valence-corrected chi connectivity index (χ1v) is 8.78. The van der Waals surface area contributed by atoms with Crippen LogP contribution < -0.4 is 10.6 Å².